The van der Waals surface area contributed by atoms with Crippen LogP contribution in [0.3, 0.4) is 0 Å². The van der Waals surface area contributed by atoms with Gasteiger partial charge in [-0.1, -0.05) is 6.07 Å². The fourth-order valence-electron chi connectivity index (χ4n) is 2.93. The van der Waals surface area contributed by atoms with Gasteiger partial charge in [-0.2, -0.15) is 0 Å². The topological polar surface area (TPSA) is 40.6 Å². The molecule has 0 aromatic carbocycles. The third kappa shape index (κ3) is 2.52. The second-order valence-electron chi connectivity index (χ2n) is 5.19. The second kappa shape index (κ2) is 5.33. The van der Waals surface area contributed by atoms with E-state index in [4.69, 9.17) is 0 Å². The molecule has 4 nitrogen and oxygen atoms in total. The van der Waals surface area contributed by atoms with Gasteiger partial charge in [0.1, 0.15) is 6.04 Å². The SMILES string of the molecule is O=C1C2CCCCN2C(=O)CCN1Cc1cccs1. The number of rotatable bonds is 2. The first-order chi connectivity index (χ1) is 9.25. The van der Waals surface area contributed by atoms with E-state index >= 15 is 0 Å². The normalized spacial score (nSPS) is 24.3. The van der Waals surface area contributed by atoms with Gasteiger partial charge in [-0.05, 0) is 30.7 Å². The van der Waals surface area contributed by atoms with Gasteiger partial charge >= 0.3 is 0 Å². The van der Waals surface area contributed by atoms with E-state index in [0.717, 1.165) is 25.8 Å². The van der Waals surface area contributed by atoms with Crippen molar-refractivity contribution in [2.45, 2.75) is 38.3 Å². The Balaban J connectivity index is 1.78. The first kappa shape index (κ1) is 12.7. The molecule has 0 bridgehead atoms. The Morgan fingerprint density at radius 1 is 1.26 bits per heavy atom. The van der Waals surface area contributed by atoms with E-state index in [2.05, 4.69) is 0 Å². The highest BCUT2D eigenvalue weighted by molar-refractivity contribution is 7.09. The van der Waals surface area contributed by atoms with Gasteiger partial charge < -0.3 is 9.80 Å². The number of carbonyl (C=O) groups is 2. The van der Waals surface area contributed by atoms with Crippen molar-refractivity contribution in [3.63, 3.8) is 0 Å². The Hall–Kier alpha value is -1.36. The quantitative estimate of drug-likeness (QED) is 0.828. The molecule has 1 aromatic heterocycles. The van der Waals surface area contributed by atoms with E-state index < -0.39 is 0 Å². The molecular weight excluding hydrogens is 260 g/mol. The van der Waals surface area contributed by atoms with E-state index in [1.54, 1.807) is 16.2 Å². The third-order valence-corrected chi connectivity index (χ3v) is 4.80. The van der Waals surface area contributed by atoms with Gasteiger partial charge in [-0.25, -0.2) is 0 Å². The van der Waals surface area contributed by atoms with Crippen LogP contribution in [0, 0.1) is 0 Å². The zero-order valence-electron chi connectivity index (χ0n) is 10.9. The van der Waals surface area contributed by atoms with Crippen LogP contribution in [0.25, 0.3) is 0 Å². The average molecular weight is 278 g/mol. The lowest BCUT2D eigenvalue weighted by molar-refractivity contribution is -0.143. The Bertz CT molecular complexity index is 472. The lowest BCUT2D eigenvalue weighted by Gasteiger charge is -2.34. The summed E-state index contributed by atoms with van der Waals surface area (Å²) in [5.74, 6) is 0.283. The highest BCUT2D eigenvalue weighted by Crippen LogP contribution is 2.24. The molecule has 0 aliphatic carbocycles. The molecule has 2 aliphatic heterocycles. The number of thiophene rings is 1. The van der Waals surface area contributed by atoms with Crippen molar-refractivity contribution in [1.29, 1.82) is 0 Å². The number of hydrogen-bond acceptors (Lipinski definition) is 3. The summed E-state index contributed by atoms with van der Waals surface area (Å²) >= 11 is 1.66. The Kier molecular flexibility index (Phi) is 3.55. The minimum absolute atomic E-state index is 0.138. The van der Waals surface area contributed by atoms with Crippen molar-refractivity contribution in [2.75, 3.05) is 13.1 Å². The van der Waals surface area contributed by atoms with Crippen molar-refractivity contribution < 1.29 is 9.59 Å². The molecule has 5 heteroatoms. The minimum Gasteiger partial charge on any atom is -0.335 e. The molecule has 2 aliphatic rings. The van der Waals surface area contributed by atoms with Crippen LogP contribution in [-0.4, -0.2) is 40.7 Å². The predicted octanol–water partition coefficient (Wildman–Crippen LogP) is 1.86. The largest absolute Gasteiger partial charge is 0.335 e. The van der Waals surface area contributed by atoms with Crippen LogP contribution in [0.1, 0.15) is 30.6 Å². The lowest BCUT2D eigenvalue weighted by atomic mass is 10.0. The molecule has 19 heavy (non-hydrogen) atoms. The maximum Gasteiger partial charge on any atom is 0.245 e. The van der Waals surface area contributed by atoms with Gasteiger partial charge in [0, 0.05) is 24.4 Å². The number of nitrogens with zero attached hydrogens (tertiary/aromatic N) is 2. The summed E-state index contributed by atoms with van der Waals surface area (Å²) in [7, 11) is 0. The van der Waals surface area contributed by atoms with E-state index in [1.807, 2.05) is 22.4 Å². The molecule has 0 N–H and O–H groups in total. The van der Waals surface area contributed by atoms with Crippen molar-refractivity contribution in [1.82, 2.24) is 9.80 Å². The van der Waals surface area contributed by atoms with Gasteiger partial charge in [0.2, 0.25) is 11.8 Å². The van der Waals surface area contributed by atoms with Gasteiger partial charge in [0.15, 0.2) is 0 Å². The molecule has 0 radical (unpaired) electrons. The van der Waals surface area contributed by atoms with Crippen molar-refractivity contribution in [3.8, 4) is 0 Å². The smallest absolute Gasteiger partial charge is 0.245 e. The van der Waals surface area contributed by atoms with E-state index in [-0.39, 0.29) is 17.9 Å². The molecule has 0 spiro atoms. The van der Waals surface area contributed by atoms with Gasteiger partial charge in [0.25, 0.3) is 0 Å². The minimum atomic E-state index is -0.205. The van der Waals surface area contributed by atoms with Crippen LogP contribution in [0.15, 0.2) is 17.5 Å². The number of fused-ring (bicyclic) bond motifs is 1. The number of amides is 2. The van der Waals surface area contributed by atoms with Crippen LogP contribution in [0.5, 0.6) is 0 Å². The van der Waals surface area contributed by atoms with E-state index in [9.17, 15) is 9.59 Å². The highest BCUT2D eigenvalue weighted by atomic mass is 32.1. The van der Waals surface area contributed by atoms with Crippen LogP contribution in [0.2, 0.25) is 0 Å². The van der Waals surface area contributed by atoms with Gasteiger partial charge in [-0.3, -0.25) is 9.59 Å². The zero-order chi connectivity index (χ0) is 13.2. The molecule has 1 aromatic rings. The van der Waals surface area contributed by atoms with Crippen LogP contribution in [0.4, 0.5) is 0 Å². The summed E-state index contributed by atoms with van der Waals surface area (Å²) in [6.07, 6.45) is 3.37. The maximum atomic E-state index is 12.6. The first-order valence-corrected chi connectivity index (χ1v) is 7.74. The fourth-order valence-corrected chi connectivity index (χ4v) is 3.65. The Morgan fingerprint density at radius 2 is 2.16 bits per heavy atom. The Morgan fingerprint density at radius 3 is 2.95 bits per heavy atom. The standard InChI is InChI=1S/C14H18N2O2S/c17-13-6-8-15(10-11-4-3-9-19-11)14(18)12-5-1-2-7-16(12)13/h3-4,9,12H,1-2,5-8,10H2. The number of carbonyl (C=O) groups excluding carboxylic acids is 2. The molecule has 3 rings (SSSR count). The summed E-state index contributed by atoms with van der Waals surface area (Å²) in [5, 5.41) is 2.02. The predicted molar refractivity (Wildman–Crippen MR) is 73.7 cm³/mol. The summed E-state index contributed by atoms with van der Waals surface area (Å²) in [6.45, 7) is 1.96. The Labute approximate surface area is 117 Å². The molecule has 0 saturated carbocycles. The summed E-state index contributed by atoms with van der Waals surface area (Å²) in [5.41, 5.74) is 0. The lowest BCUT2D eigenvalue weighted by Crippen LogP contribution is -2.49. The van der Waals surface area contributed by atoms with Crippen molar-refractivity contribution >= 4 is 23.2 Å². The highest BCUT2D eigenvalue weighted by Gasteiger charge is 2.37. The molecule has 1 atom stereocenters. The monoisotopic (exact) mass is 278 g/mol. The third-order valence-electron chi connectivity index (χ3n) is 3.94. The van der Waals surface area contributed by atoms with Gasteiger partial charge in [0.05, 0.1) is 6.54 Å². The van der Waals surface area contributed by atoms with Crippen LogP contribution in [-0.2, 0) is 16.1 Å². The summed E-state index contributed by atoms with van der Waals surface area (Å²) in [6, 6.07) is 3.84. The molecule has 3 heterocycles. The number of hydrogen-bond donors (Lipinski definition) is 0. The molecular formula is C14H18N2O2S. The first-order valence-electron chi connectivity index (χ1n) is 6.86. The van der Waals surface area contributed by atoms with Crippen LogP contribution < -0.4 is 0 Å². The fraction of sp³-hybridized carbons (Fsp3) is 0.571. The average Bonchev–Trinajstić information content (AvgIpc) is 2.91. The van der Waals surface area contributed by atoms with Crippen molar-refractivity contribution in [2.24, 2.45) is 0 Å². The zero-order valence-corrected chi connectivity index (χ0v) is 11.7. The second-order valence-corrected chi connectivity index (χ2v) is 6.22. The molecule has 2 saturated heterocycles. The number of piperidine rings is 1. The van der Waals surface area contributed by atoms with Crippen LogP contribution >= 0.6 is 11.3 Å². The molecule has 1 unspecified atom stereocenters. The summed E-state index contributed by atoms with van der Waals surface area (Å²) < 4.78 is 0. The molecule has 2 fully saturated rings. The summed E-state index contributed by atoms with van der Waals surface area (Å²) in [4.78, 5) is 29.5. The van der Waals surface area contributed by atoms with E-state index in [1.165, 1.54) is 4.88 Å². The van der Waals surface area contributed by atoms with E-state index in [0.29, 0.717) is 19.5 Å². The molecule has 102 valence electrons. The molecule has 2 amide bonds. The van der Waals surface area contributed by atoms with Crippen molar-refractivity contribution in [3.05, 3.63) is 22.4 Å². The van der Waals surface area contributed by atoms with Gasteiger partial charge in [-0.15, -0.1) is 11.3 Å². The maximum absolute atomic E-state index is 12.6.